The minimum absolute atomic E-state index is 0.323. The summed E-state index contributed by atoms with van der Waals surface area (Å²) in [6.45, 7) is 4.88. The number of rotatable bonds is 6. The summed E-state index contributed by atoms with van der Waals surface area (Å²) in [5.41, 5.74) is 4.17. The van der Waals surface area contributed by atoms with Crippen molar-refractivity contribution >= 4 is 17.6 Å². The number of carboxylic acid groups (broad SMARTS) is 1. The molecule has 1 aromatic carbocycles. The molecule has 3 aromatic rings. The van der Waals surface area contributed by atoms with Crippen LogP contribution in [0.4, 0.5) is 13.2 Å². The SMILES string of the molecule is Cc1cc(CC(C)NCc2cnc(-c3ccc(Cl)cc3)nc2)n[nH]1.O=C(O)C(F)(F)F. The van der Waals surface area contributed by atoms with Gasteiger partial charge in [-0.1, -0.05) is 11.6 Å². The minimum atomic E-state index is -5.08. The lowest BCUT2D eigenvalue weighted by Crippen LogP contribution is -2.27. The lowest BCUT2D eigenvalue weighted by Gasteiger charge is -2.12. The topological polar surface area (TPSA) is 104 Å². The highest BCUT2D eigenvalue weighted by molar-refractivity contribution is 6.30. The third-order valence-electron chi connectivity index (χ3n) is 3.98. The van der Waals surface area contributed by atoms with E-state index in [0.29, 0.717) is 16.9 Å². The quantitative estimate of drug-likeness (QED) is 0.515. The van der Waals surface area contributed by atoms with Crippen LogP contribution in [-0.4, -0.2) is 43.5 Å². The predicted molar refractivity (Wildman–Crippen MR) is 109 cm³/mol. The normalized spacial score (nSPS) is 12.1. The van der Waals surface area contributed by atoms with Crippen molar-refractivity contribution < 1.29 is 23.1 Å². The highest BCUT2D eigenvalue weighted by atomic mass is 35.5. The highest BCUT2D eigenvalue weighted by Gasteiger charge is 2.38. The summed E-state index contributed by atoms with van der Waals surface area (Å²) in [5, 5.41) is 18.5. The molecule has 1 unspecified atom stereocenters. The van der Waals surface area contributed by atoms with Crippen molar-refractivity contribution in [2.24, 2.45) is 0 Å². The van der Waals surface area contributed by atoms with E-state index in [2.05, 4.69) is 38.5 Å². The van der Waals surface area contributed by atoms with E-state index in [0.717, 1.165) is 35.5 Å². The van der Waals surface area contributed by atoms with Gasteiger partial charge in [-0.3, -0.25) is 5.10 Å². The first-order chi connectivity index (χ1) is 14.5. The second kappa shape index (κ2) is 10.9. The first-order valence-corrected chi connectivity index (χ1v) is 9.53. The lowest BCUT2D eigenvalue weighted by molar-refractivity contribution is -0.192. The fraction of sp³-hybridized carbons (Fsp3) is 0.300. The zero-order chi connectivity index (χ0) is 23.0. The van der Waals surface area contributed by atoms with Crippen LogP contribution in [0.5, 0.6) is 0 Å². The van der Waals surface area contributed by atoms with E-state index in [1.807, 2.05) is 43.6 Å². The fourth-order valence-corrected chi connectivity index (χ4v) is 2.58. The third-order valence-corrected chi connectivity index (χ3v) is 4.23. The molecule has 0 aliphatic rings. The molecular formula is C20H21ClF3N5O2. The van der Waals surface area contributed by atoms with Crippen LogP contribution in [0.15, 0.2) is 42.7 Å². The van der Waals surface area contributed by atoms with Gasteiger partial charge in [-0.2, -0.15) is 18.3 Å². The molecule has 2 aromatic heterocycles. The molecule has 0 aliphatic carbocycles. The second-order valence-corrected chi connectivity index (χ2v) is 7.19. The van der Waals surface area contributed by atoms with Crippen LogP contribution in [-0.2, 0) is 17.8 Å². The number of hydrogen-bond acceptors (Lipinski definition) is 5. The Hall–Kier alpha value is -2.98. The highest BCUT2D eigenvalue weighted by Crippen LogP contribution is 2.17. The van der Waals surface area contributed by atoms with E-state index in [1.165, 1.54) is 0 Å². The number of hydrogen-bond donors (Lipinski definition) is 3. The third kappa shape index (κ3) is 8.35. The Bertz CT molecular complexity index is 976. The van der Waals surface area contributed by atoms with Gasteiger partial charge in [-0.15, -0.1) is 0 Å². The molecule has 3 rings (SSSR count). The van der Waals surface area contributed by atoms with Crippen LogP contribution in [0.2, 0.25) is 5.02 Å². The van der Waals surface area contributed by atoms with Crippen molar-refractivity contribution in [3.63, 3.8) is 0 Å². The summed E-state index contributed by atoms with van der Waals surface area (Å²) >= 11 is 5.90. The van der Waals surface area contributed by atoms with Crippen LogP contribution in [0.1, 0.15) is 23.9 Å². The predicted octanol–water partition coefficient (Wildman–Crippen LogP) is 4.18. The number of carboxylic acids is 1. The molecule has 0 spiro atoms. The largest absolute Gasteiger partial charge is 0.490 e. The molecule has 3 N–H and O–H groups in total. The summed E-state index contributed by atoms with van der Waals surface area (Å²) in [5.74, 6) is -2.05. The first-order valence-electron chi connectivity index (χ1n) is 9.16. The van der Waals surface area contributed by atoms with Crippen LogP contribution in [0.25, 0.3) is 11.4 Å². The molecule has 1 atom stereocenters. The Morgan fingerprint density at radius 3 is 2.29 bits per heavy atom. The molecule has 0 saturated carbocycles. The number of aromatic nitrogens is 4. The average molecular weight is 456 g/mol. The van der Waals surface area contributed by atoms with E-state index >= 15 is 0 Å². The summed E-state index contributed by atoms with van der Waals surface area (Å²) in [4.78, 5) is 17.8. The zero-order valence-electron chi connectivity index (χ0n) is 16.7. The van der Waals surface area contributed by atoms with Gasteiger partial charge >= 0.3 is 12.1 Å². The second-order valence-electron chi connectivity index (χ2n) is 6.75. The molecule has 2 heterocycles. The van der Waals surface area contributed by atoms with E-state index < -0.39 is 12.1 Å². The number of halogens is 4. The average Bonchev–Trinajstić information content (AvgIpc) is 3.12. The molecule has 166 valence electrons. The van der Waals surface area contributed by atoms with Crippen molar-refractivity contribution in [3.8, 4) is 11.4 Å². The maximum atomic E-state index is 10.6. The summed E-state index contributed by atoms with van der Waals surface area (Å²) in [7, 11) is 0. The lowest BCUT2D eigenvalue weighted by atomic mass is 10.1. The number of nitrogens with one attached hydrogen (secondary N) is 2. The van der Waals surface area contributed by atoms with E-state index in [1.54, 1.807) is 0 Å². The van der Waals surface area contributed by atoms with Crippen LogP contribution >= 0.6 is 11.6 Å². The molecular weight excluding hydrogens is 435 g/mol. The maximum absolute atomic E-state index is 10.6. The van der Waals surface area contributed by atoms with Gasteiger partial charge < -0.3 is 10.4 Å². The van der Waals surface area contributed by atoms with Gasteiger partial charge in [0.1, 0.15) is 0 Å². The van der Waals surface area contributed by atoms with E-state index in [4.69, 9.17) is 21.5 Å². The summed E-state index contributed by atoms with van der Waals surface area (Å²) in [6.07, 6.45) is -0.487. The van der Waals surface area contributed by atoms with Gasteiger partial charge in [-0.05, 0) is 44.2 Å². The van der Waals surface area contributed by atoms with Crippen molar-refractivity contribution in [1.82, 2.24) is 25.5 Å². The zero-order valence-corrected chi connectivity index (χ0v) is 17.5. The number of carbonyl (C=O) groups is 1. The molecule has 31 heavy (non-hydrogen) atoms. The van der Waals surface area contributed by atoms with Crippen molar-refractivity contribution in [2.75, 3.05) is 0 Å². The van der Waals surface area contributed by atoms with Crippen molar-refractivity contribution in [3.05, 3.63) is 64.7 Å². The number of aromatic amines is 1. The minimum Gasteiger partial charge on any atom is -0.475 e. The molecule has 7 nitrogen and oxygen atoms in total. The Labute approximate surface area is 181 Å². The van der Waals surface area contributed by atoms with Gasteiger partial charge in [-0.25, -0.2) is 14.8 Å². The number of aliphatic carboxylic acids is 1. The molecule has 0 fully saturated rings. The molecule has 0 radical (unpaired) electrons. The van der Waals surface area contributed by atoms with Gasteiger partial charge in [0.25, 0.3) is 0 Å². The molecule has 0 bridgehead atoms. The Morgan fingerprint density at radius 1 is 1.23 bits per heavy atom. The van der Waals surface area contributed by atoms with Gasteiger partial charge in [0.05, 0.1) is 5.69 Å². The number of aryl methyl sites for hydroxylation is 1. The van der Waals surface area contributed by atoms with E-state index in [9.17, 15) is 13.2 Å². The van der Waals surface area contributed by atoms with Crippen LogP contribution in [0.3, 0.4) is 0 Å². The van der Waals surface area contributed by atoms with Crippen molar-refractivity contribution in [1.29, 1.82) is 0 Å². The van der Waals surface area contributed by atoms with Gasteiger partial charge in [0.2, 0.25) is 0 Å². The molecule has 0 saturated heterocycles. The standard InChI is InChI=1S/C18H20ClN5.C2HF3O2/c1-12(7-17-8-13(2)23-24-17)20-9-14-10-21-18(22-11-14)15-3-5-16(19)6-4-15;3-2(4,5)1(6)7/h3-6,8,10-12,20H,7,9H2,1-2H3,(H,23,24);(H,6,7). The van der Waals surface area contributed by atoms with Crippen LogP contribution < -0.4 is 5.32 Å². The fourth-order valence-electron chi connectivity index (χ4n) is 2.45. The van der Waals surface area contributed by atoms with Gasteiger partial charge in [0.15, 0.2) is 5.82 Å². The first kappa shape index (κ1) is 24.3. The Balaban J connectivity index is 0.000000423. The summed E-state index contributed by atoms with van der Waals surface area (Å²) < 4.78 is 31.7. The number of nitrogens with zero attached hydrogens (tertiary/aromatic N) is 3. The monoisotopic (exact) mass is 455 g/mol. The smallest absolute Gasteiger partial charge is 0.475 e. The molecule has 11 heteroatoms. The summed E-state index contributed by atoms with van der Waals surface area (Å²) in [6, 6.07) is 9.92. The Morgan fingerprint density at radius 2 is 1.81 bits per heavy atom. The van der Waals surface area contributed by atoms with E-state index in [-0.39, 0.29) is 0 Å². The van der Waals surface area contributed by atoms with Crippen molar-refractivity contribution in [2.45, 2.75) is 39.0 Å². The van der Waals surface area contributed by atoms with Gasteiger partial charge in [0, 0.05) is 53.2 Å². The Kier molecular flexibility index (Phi) is 8.52. The number of benzene rings is 1. The molecule has 0 aliphatic heterocycles. The number of H-pyrrole nitrogens is 1. The molecule has 0 amide bonds. The maximum Gasteiger partial charge on any atom is 0.490 e. The number of alkyl halides is 3. The van der Waals surface area contributed by atoms with Crippen LogP contribution in [0, 0.1) is 6.92 Å².